The van der Waals surface area contributed by atoms with Crippen molar-refractivity contribution in [2.45, 2.75) is 38.9 Å². The molecule has 0 radical (unpaired) electrons. The van der Waals surface area contributed by atoms with E-state index < -0.39 is 28.0 Å². The number of hydrogen-bond donors (Lipinski definition) is 3. The molecule has 3 amide bonds. The minimum Gasteiger partial charge on any atom is -0.350 e. The molecule has 0 spiro atoms. The number of urea groups is 1. The first-order valence-electron chi connectivity index (χ1n) is 8.21. The lowest BCUT2D eigenvalue weighted by Gasteiger charge is -2.23. The molecule has 9 heteroatoms. The Bertz CT molecular complexity index is 706. The van der Waals surface area contributed by atoms with Crippen molar-refractivity contribution in [1.82, 2.24) is 20.9 Å². The smallest absolute Gasteiger partial charge is 0.315 e. The van der Waals surface area contributed by atoms with Crippen LogP contribution in [0.3, 0.4) is 0 Å². The van der Waals surface area contributed by atoms with E-state index in [4.69, 9.17) is 0 Å². The number of carbonyl (C=O) groups is 2. The van der Waals surface area contributed by atoms with Crippen LogP contribution >= 0.6 is 0 Å². The van der Waals surface area contributed by atoms with Gasteiger partial charge in [0.2, 0.25) is 5.91 Å². The Morgan fingerprint density at radius 2 is 2.12 bits per heavy atom. The molecule has 1 aliphatic heterocycles. The Morgan fingerprint density at radius 1 is 1.36 bits per heavy atom. The summed E-state index contributed by atoms with van der Waals surface area (Å²) in [6, 6.07) is 1.98. The second-order valence-corrected chi connectivity index (χ2v) is 8.75. The topological polar surface area (TPSA) is 117 Å². The first-order valence-corrected chi connectivity index (χ1v) is 10.0. The average molecular weight is 368 g/mol. The molecule has 0 aromatic carbocycles. The second kappa shape index (κ2) is 8.28. The van der Waals surface area contributed by atoms with Gasteiger partial charge in [-0.15, -0.1) is 0 Å². The fourth-order valence-corrected chi connectivity index (χ4v) is 4.29. The third kappa shape index (κ3) is 6.00. The molecular weight excluding hydrogens is 344 g/mol. The number of pyridine rings is 1. The maximum absolute atomic E-state index is 12.4. The van der Waals surface area contributed by atoms with E-state index in [1.54, 1.807) is 18.5 Å². The normalized spacial score (nSPS) is 20.0. The third-order valence-corrected chi connectivity index (χ3v) is 5.76. The summed E-state index contributed by atoms with van der Waals surface area (Å²) in [4.78, 5) is 28.4. The van der Waals surface area contributed by atoms with E-state index in [1.807, 2.05) is 19.9 Å². The van der Waals surface area contributed by atoms with Gasteiger partial charge in [0, 0.05) is 25.0 Å². The van der Waals surface area contributed by atoms with Crippen molar-refractivity contribution in [3.63, 3.8) is 0 Å². The Kier molecular flexibility index (Phi) is 6.35. The summed E-state index contributed by atoms with van der Waals surface area (Å²) in [7, 11) is -3.07. The van der Waals surface area contributed by atoms with Crippen LogP contribution in [0.2, 0.25) is 0 Å². The molecule has 2 atom stereocenters. The van der Waals surface area contributed by atoms with Crippen LogP contribution in [-0.2, 0) is 21.2 Å². The van der Waals surface area contributed by atoms with Gasteiger partial charge in [0.15, 0.2) is 9.84 Å². The highest BCUT2D eigenvalue weighted by Gasteiger charge is 2.30. The van der Waals surface area contributed by atoms with Crippen molar-refractivity contribution >= 4 is 21.8 Å². The third-order valence-electron chi connectivity index (χ3n) is 3.99. The molecule has 25 heavy (non-hydrogen) atoms. The minimum absolute atomic E-state index is 0.0556. The van der Waals surface area contributed by atoms with Gasteiger partial charge in [-0.25, -0.2) is 13.2 Å². The summed E-state index contributed by atoms with van der Waals surface area (Å²) >= 11 is 0. The molecule has 3 N–H and O–H groups in total. The monoisotopic (exact) mass is 368 g/mol. The molecule has 2 heterocycles. The Balaban J connectivity index is 1.86. The summed E-state index contributed by atoms with van der Waals surface area (Å²) in [5.41, 5.74) is 0.860. The molecule has 1 saturated heterocycles. The molecule has 1 aliphatic rings. The molecule has 1 unspecified atom stereocenters. The molecular formula is C16H24N4O4S. The zero-order valence-electron chi connectivity index (χ0n) is 14.4. The highest BCUT2D eigenvalue weighted by molar-refractivity contribution is 7.91. The molecule has 0 aliphatic carbocycles. The SMILES string of the molecule is CC(C)[C@@H](NC(=O)NC1CCS(=O)(=O)C1)C(=O)NCc1cccnc1. The van der Waals surface area contributed by atoms with Crippen LogP contribution in [0.15, 0.2) is 24.5 Å². The molecule has 0 saturated carbocycles. The van der Waals surface area contributed by atoms with Crippen LogP contribution in [-0.4, -0.2) is 48.9 Å². The Labute approximate surface area is 147 Å². The van der Waals surface area contributed by atoms with E-state index >= 15 is 0 Å². The van der Waals surface area contributed by atoms with Gasteiger partial charge in [0.05, 0.1) is 11.5 Å². The van der Waals surface area contributed by atoms with Crippen molar-refractivity contribution in [2.24, 2.45) is 5.92 Å². The molecule has 1 aromatic heterocycles. The predicted octanol–water partition coefficient (Wildman–Crippen LogP) is 0.209. The van der Waals surface area contributed by atoms with E-state index in [2.05, 4.69) is 20.9 Å². The van der Waals surface area contributed by atoms with Gasteiger partial charge in [-0.2, -0.15) is 0 Å². The number of amides is 3. The Morgan fingerprint density at radius 3 is 2.68 bits per heavy atom. The Hall–Kier alpha value is -2.16. The van der Waals surface area contributed by atoms with Crippen molar-refractivity contribution in [1.29, 1.82) is 0 Å². The van der Waals surface area contributed by atoms with E-state index in [0.29, 0.717) is 13.0 Å². The van der Waals surface area contributed by atoms with Crippen LogP contribution in [0.5, 0.6) is 0 Å². The standard InChI is InChI=1S/C16H24N4O4S/c1-11(2)14(15(21)18-9-12-4-3-6-17-8-12)20-16(22)19-13-5-7-25(23,24)10-13/h3-4,6,8,11,13-14H,5,7,9-10H2,1-2H3,(H,18,21)(H2,19,20,22)/t13?,14-/m1/s1. The number of carbonyl (C=O) groups excluding carboxylic acids is 2. The maximum atomic E-state index is 12.4. The van der Waals surface area contributed by atoms with Gasteiger partial charge in [0.1, 0.15) is 6.04 Å². The van der Waals surface area contributed by atoms with Crippen LogP contribution in [0.1, 0.15) is 25.8 Å². The number of nitrogens with zero attached hydrogens (tertiary/aromatic N) is 1. The summed E-state index contributed by atoms with van der Waals surface area (Å²) < 4.78 is 22.9. The maximum Gasteiger partial charge on any atom is 0.315 e. The van der Waals surface area contributed by atoms with Crippen molar-refractivity contribution in [2.75, 3.05) is 11.5 Å². The summed E-state index contributed by atoms with van der Waals surface area (Å²) in [5, 5.41) is 8.04. The first kappa shape index (κ1) is 19.2. The zero-order chi connectivity index (χ0) is 18.4. The summed E-state index contributed by atoms with van der Waals surface area (Å²) in [6.45, 7) is 3.98. The van der Waals surface area contributed by atoms with Gasteiger partial charge in [-0.3, -0.25) is 9.78 Å². The van der Waals surface area contributed by atoms with Crippen LogP contribution in [0, 0.1) is 5.92 Å². The largest absolute Gasteiger partial charge is 0.350 e. The molecule has 1 fully saturated rings. The van der Waals surface area contributed by atoms with E-state index in [1.165, 1.54) is 0 Å². The zero-order valence-corrected chi connectivity index (χ0v) is 15.2. The van der Waals surface area contributed by atoms with Gasteiger partial charge in [-0.05, 0) is 24.0 Å². The molecule has 138 valence electrons. The summed E-state index contributed by atoms with van der Waals surface area (Å²) in [6.07, 6.45) is 3.71. The van der Waals surface area contributed by atoms with Gasteiger partial charge >= 0.3 is 6.03 Å². The number of hydrogen-bond acceptors (Lipinski definition) is 5. The van der Waals surface area contributed by atoms with Crippen molar-refractivity contribution in [3.8, 4) is 0 Å². The van der Waals surface area contributed by atoms with Gasteiger partial charge in [0.25, 0.3) is 0 Å². The van der Waals surface area contributed by atoms with Gasteiger partial charge < -0.3 is 16.0 Å². The van der Waals surface area contributed by atoms with Crippen molar-refractivity contribution in [3.05, 3.63) is 30.1 Å². The minimum atomic E-state index is -3.07. The number of sulfone groups is 1. The van der Waals surface area contributed by atoms with Crippen LogP contribution in [0.25, 0.3) is 0 Å². The number of aromatic nitrogens is 1. The van der Waals surface area contributed by atoms with Crippen LogP contribution in [0.4, 0.5) is 4.79 Å². The predicted molar refractivity (Wildman–Crippen MR) is 93.4 cm³/mol. The molecule has 1 aromatic rings. The summed E-state index contributed by atoms with van der Waals surface area (Å²) in [5.74, 6) is -0.392. The van der Waals surface area contributed by atoms with Gasteiger partial charge in [-0.1, -0.05) is 19.9 Å². The second-order valence-electron chi connectivity index (χ2n) is 6.52. The number of rotatable bonds is 6. The highest BCUT2D eigenvalue weighted by Crippen LogP contribution is 2.11. The van der Waals surface area contributed by atoms with E-state index in [-0.39, 0.29) is 23.3 Å². The van der Waals surface area contributed by atoms with Crippen LogP contribution < -0.4 is 16.0 Å². The fourth-order valence-electron chi connectivity index (χ4n) is 2.61. The van der Waals surface area contributed by atoms with E-state index in [9.17, 15) is 18.0 Å². The fraction of sp³-hybridized carbons (Fsp3) is 0.562. The number of nitrogens with one attached hydrogen (secondary N) is 3. The van der Waals surface area contributed by atoms with E-state index in [0.717, 1.165) is 5.56 Å². The lowest BCUT2D eigenvalue weighted by Crippen LogP contribution is -2.54. The quantitative estimate of drug-likeness (QED) is 0.663. The first-order chi connectivity index (χ1) is 11.8. The molecule has 2 rings (SSSR count). The molecule has 0 bridgehead atoms. The lowest BCUT2D eigenvalue weighted by atomic mass is 10.0. The van der Waals surface area contributed by atoms with Crippen molar-refractivity contribution < 1.29 is 18.0 Å². The molecule has 8 nitrogen and oxygen atoms in total. The lowest BCUT2D eigenvalue weighted by molar-refractivity contribution is -0.124. The average Bonchev–Trinajstić information content (AvgIpc) is 2.89. The highest BCUT2D eigenvalue weighted by atomic mass is 32.2.